The first-order valence-corrected chi connectivity index (χ1v) is 14.4. The van der Waals surface area contributed by atoms with Crippen molar-refractivity contribution in [3.8, 4) is 10.6 Å². The maximum Gasteiger partial charge on any atom is 0.268 e. The number of hydrogen-bond acceptors (Lipinski definition) is 8. The van der Waals surface area contributed by atoms with Crippen molar-refractivity contribution in [1.29, 1.82) is 0 Å². The molecule has 2 aliphatic rings. The van der Waals surface area contributed by atoms with Crippen LogP contribution in [0.15, 0.2) is 60.0 Å². The van der Waals surface area contributed by atoms with Crippen LogP contribution >= 0.6 is 11.3 Å². The monoisotopic (exact) mass is 560 g/mol. The van der Waals surface area contributed by atoms with E-state index in [4.69, 9.17) is 9.40 Å². The second kappa shape index (κ2) is 11.4. The number of likely N-dealkylation sites (tertiary alicyclic amines) is 1. The first kappa shape index (κ1) is 26.4. The third-order valence-electron chi connectivity index (χ3n) is 7.74. The smallest absolute Gasteiger partial charge is 0.268 e. The van der Waals surface area contributed by atoms with Crippen molar-refractivity contribution >= 4 is 40.1 Å². The largest absolute Gasteiger partial charge is 0.443 e. The summed E-state index contributed by atoms with van der Waals surface area (Å²) in [5.41, 5.74) is 2.84. The number of aliphatic hydroxyl groups excluding tert-OH is 1. The lowest BCUT2D eigenvalue weighted by Crippen LogP contribution is -2.43. The maximum absolute atomic E-state index is 13.4. The van der Waals surface area contributed by atoms with Crippen molar-refractivity contribution in [2.75, 3.05) is 18.4 Å². The maximum atomic E-state index is 13.4. The third-order valence-corrected chi connectivity index (χ3v) is 8.84. The number of imidazole rings is 1. The highest BCUT2D eigenvalue weighted by Gasteiger charge is 2.27. The molecule has 2 amide bonds. The van der Waals surface area contributed by atoms with Crippen molar-refractivity contribution in [2.24, 2.45) is 0 Å². The van der Waals surface area contributed by atoms with Crippen molar-refractivity contribution in [1.82, 2.24) is 24.8 Å². The predicted octanol–water partition coefficient (Wildman–Crippen LogP) is 4.36. The summed E-state index contributed by atoms with van der Waals surface area (Å²) in [6.07, 6.45) is 8.17. The molecule has 0 unspecified atom stereocenters. The summed E-state index contributed by atoms with van der Waals surface area (Å²) >= 11 is 1.33. The molecule has 3 N–H and O–H groups in total. The third kappa shape index (κ3) is 5.45. The van der Waals surface area contributed by atoms with Gasteiger partial charge in [0.05, 0.1) is 33.1 Å². The molecule has 4 aromatic rings. The van der Waals surface area contributed by atoms with Gasteiger partial charge >= 0.3 is 0 Å². The average Bonchev–Trinajstić information content (AvgIpc) is 3.67. The SMILES string of the molecule is C=CC(=O)N1CCC[C@@H](n2c(NC(=O)c3ccc(-c4cnco4)s3)nc3cc(CN[C@H]4C[C@H](O)C4)ccc32)CC1. The number of hydrogen-bond donors (Lipinski definition) is 3. The molecule has 0 spiro atoms. The van der Waals surface area contributed by atoms with Gasteiger partial charge in [0.2, 0.25) is 11.9 Å². The normalized spacial score (nSPS) is 21.1. The summed E-state index contributed by atoms with van der Waals surface area (Å²) in [6.45, 7) is 5.62. The molecule has 208 valence electrons. The standard InChI is InChI=1S/C29H32N6O4S/c1-2-27(37)34-10-3-4-20(9-11-34)35-23-6-5-18(15-31-19-13-21(36)14-19)12-22(23)32-29(35)33-28(38)26-8-7-25(40-26)24-16-30-17-39-24/h2,5-8,12,16-17,19-21,31,36H,1,3-4,9-11,13-15H2,(H,32,33,38)/t19-,20-,21-/m1/s1. The van der Waals surface area contributed by atoms with E-state index in [-0.39, 0.29) is 24.0 Å². The number of fused-ring (bicyclic) bond motifs is 1. The summed E-state index contributed by atoms with van der Waals surface area (Å²) in [6, 6.07) is 10.2. The lowest BCUT2D eigenvalue weighted by molar-refractivity contribution is -0.125. The van der Waals surface area contributed by atoms with Gasteiger partial charge in [-0.1, -0.05) is 12.6 Å². The number of aromatic nitrogens is 3. The Balaban J connectivity index is 1.28. The van der Waals surface area contributed by atoms with Crippen LogP contribution in [0, 0.1) is 0 Å². The number of carbonyl (C=O) groups is 2. The summed E-state index contributed by atoms with van der Waals surface area (Å²) in [5.74, 6) is 0.817. The van der Waals surface area contributed by atoms with Crippen LogP contribution in [0.5, 0.6) is 0 Å². The zero-order valence-corrected chi connectivity index (χ0v) is 22.9. The molecule has 0 bridgehead atoms. The Morgan fingerprint density at radius 3 is 2.85 bits per heavy atom. The molecule has 0 radical (unpaired) electrons. The van der Waals surface area contributed by atoms with E-state index in [2.05, 4.69) is 45.0 Å². The van der Waals surface area contributed by atoms with Crippen molar-refractivity contribution in [3.05, 3.63) is 66.0 Å². The minimum atomic E-state index is -0.241. The summed E-state index contributed by atoms with van der Waals surface area (Å²) in [7, 11) is 0. The molecule has 1 aliphatic carbocycles. The van der Waals surface area contributed by atoms with Crippen LogP contribution in [0.4, 0.5) is 5.95 Å². The quantitative estimate of drug-likeness (QED) is 0.274. The molecule has 1 saturated heterocycles. The molecule has 1 atom stereocenters. The number of carbonyl (C=O) groups excluding carboxylic acids is 2. The molecule has 4 heterocycles. The van der Waals surface area contributed by atoms with E-state index in [0.717, 1.165) is 53.6 Å². The van der Waals surface area contributed by atoms with E-state index in [1.165, 1.54) is 23.8 Å². The van der Waals surface area contributed by atoms with Crippen LogP contribution in [-0.2, 0) is 11.3 Å². The first-order valence-electron chi connectivity index (χ1n) is 13.6. The van der Waals surface area contributed by atoms with Gasteiger partial charge in [-0.15, -0.1) is 11.3 Å². The van der Waals surface area contributed by atoms with Gasteiger partial charge in [-0.05, 0) is 68.0 Å². The Labute approximate surface area is 235 Å². The van der Waals surface area contributed by atoms with Crippen LogP contribution in [0.2, 0.25) is 0 Å². The fraction of sp³-hybridized carbons (Fsp3) is 0.379. The van der Waals surface area contributed by atoms with Crippen LogP contribution in [0.25, 0.3) is 21.7 Å². The van der Waals surface area contributed by atoms with E-state index >= 15 is 0 Å². The fourth-order valence-corrected chi connectivity index (χ4v) is 6.36. The van der Waals surface area contributed by atoms with Gasteiger partial charge < -0.3 is 24.3 Å². The Hall–Kier alpha value is -3.80. The van der Waals surface area contributed by atoms with Gasteiger partial charge in [0.15, 0.2) is 12.2 Å². The van der Waals surface area contributed by atoms with Crippen molar-refractivity contribution in [3.63, 3.8) is 0 Å². The minimum Gasteiger partial charge on any atom is -0.443 e. The zero-order valence-electron chi connectivity index (χ0n) is 22.1. The van der Waals surface area contributed by atoms with E-state index in [1.54, 1.807) is 12.3 Å². The second-order valence-electron chi connectivity index (χ2n) is 10.4. The Morgan fingerprint density at radius 2 is 2.08 bits per heavy atom. The second-order valence-corrected chi connectivity index (χ2v) is 11.5. The van der Waals surface area contributed by atoms with Gasteiger partial charge in [0, 0.05) is 31.7 Å². The number of rotatable bonds is 8. The molecule has 10 nitrogen and oxygen atoms in total. The summed E-state index contributed by atoms with van der Waals surface area (Å²) < 4.78 is 7.50. The van der Waals surface area contributed by atoms with E-state index < -0.39 is 0 Å². The minimum absolute atomic E-state index is 0.0546. The van der Waals surface area contributed by atoms with Gasteiger partial charge in [0.1, 0.15) is 0 Å². The summed E-state index contributed by atoms with van der Waals surface area (Å²) in [4.78, 5) is 37.7. The molecule has 3 aromatic heterocycles. The Morgan fingerprint density at radius 1 is 1.20 bits per heavy atom. The number of oxazole rings is 1. The molecule has 6 rings (SSSR count). The van der Waals surface area contributed by atoms with Crippen LogP contribution in [-0.4, -0.2) is 61.6 Å². The van der Waals surface area contributed by atoms with Crippen molar-refractivity contribution in [2.45, 2.75) is 56.8 Å². The highest BCUT2D eigenvalue weighted by atomic mass is 32.1. The first-order chi connectivity index (χ1) is 19.5. The van der Waals surface area contributed by atoms with Gasteiger partial charge in [-0.3, -0.25) is 14.9 Å². The molecule has 2 fully saturated rings. The Kier molecular flexibility index (Phi) is 7.50. The van der Waals surface area contributed by atoms with E-state index in [9.17, 15) is 14.7 Å². The molecule has 1 saturated carbocycles. The van der Waals surface area contributed by atoms with E-state index in [1.807, 2.05) is 11.0 Å². The van der Waals surface area contributed by atoms with Gasteiger partial charge in [0.25, 0.3) is 5.91 Å². The number of anilines is 1. The number of nitrogens with one attached hydrogen (secondary N) is 2. The lowest BCUT2D eigenvalue weighted by Gasteiger charge is -2.32. The highest BCUT2D eigenvalue weighted by Crippen LogP contribution is 2.33. The number of amides is 2. The summed E-state index contributed by atoms with van der Waals surface area (Å²) in [5, 5.41) is 16.1. The molecular weight excluding hydrogens is 528 g/mol. The number of nitrogens with zero attached hydrogens (tertiary/aromatic N) is 4. The molecule has 1 aromatic carbocycles. The topological polar surface area (TPSA) is 126 Å². The molecule has 40 heavy (non-hydrogen) atoms. The van der Waals surface area contributed by atoms with Gasteiger partial charge in [-0.25, -0.2) is 9.97 Å². The predicted molar refractivity (Wildman–Crippen MR) is 153 cm³/mol. The highest BCUT2D eigenvalue weighted by molar-refractivity contribution is 7.17. The number of aliphatic hydroxyl groups is 1. The van der Waals surface area contributed by atoms with E-state index in [0.29, 0.717) is 42.3 Å². The number of thiophene rings is 1. The lowest BCUT2D eigenvalue weighted by atomic mass is 9.89. The van der Waals surface area contributed by atoms with Crippen LogP contribution in [0.3, 0.4) is 0 Å². The number of benzene rings is 1. The Bertz CT molecular complexity index is 1520. The van der Waals surface area contributed by atoms with Crippen LogP contribution < -0.4 is 10.6 Å². The molecular formula is C29H32N6O4S. The van der Waals surface area contributed by atoms with Gasteiger partial charge in [-0.2, -0.15) is 0 Å². The average molecular weight is 561 g/mol. The fourth-order valence-electron chi connectivity index (χ4n) is 5.51. The van der Waals surface area contributed by atoms with Crippen LogP contribution in [0.1, 0.15) is 53.4 Å². The van der Waals surface area contributed by atoms with Crippen molar-refractivity contribution < 1.29 is 19.1 Å². The molecule has 11 heteroatoms. The zero-order chi connectivity index (χ0) is 27.6. The molecule has 1 aliphatic heterocycles.